The van der Waals surface area contributed by atoms with E-state index >= 15 is 0 Å². The van der Waals surface area contributed by atoms with Gasteiger partial charge < -0.3 is 10.1 Å². The summed E-state index contributed by atoms with van der Waals surface area (Å²) >= 11 is 0. The first-order valence-corrected chi connectivity index (χ1v) is 7.66. The van der Waals surface area contributed by atoms with Gasteiger partial charge in [0.25, 0.3) is 0 Å². The Labute approximate surface area is 132 Å². The van der Waals surface area contributed by atoms with Gasteiger partial charge in [-0.15, -0.1) is 0 Å². The van der Waals surface area contributed by atoms with Crippen LogP contribution in [-0.2, 0) is 6.54 Å². The second-order valence-corrected chi connectivity index (χ2v) is 5.38. The molecule has 0 fully saturated rings. The molecule has 0 heterocycles. The molecule has 1 unspecified atom stereocenters. The van der Waals surface area contributed by atoms with Crippen LogP contribution in [0.15, 0.2) is 48.5 Å². The fraction of sp³-hybridized carbons (Fsp3) is 0.316. The van der Waals surface area contributed by atoms with Gasteiger partial charge in [-0.25, -0.2) is 0 Å². The maximum atomic E-state index is 12.6. The summed E-state index contributed by atoms with van der Waals surface area (Å²) in [5.41, 5.74) is 3.04. The summed E-state index contributed by atoms with van der Waals surface area (Å²) in [6.07, 6.45) is 0. The number of ether oxygens (including phenoxy) is 1. The predicted molar refractivity (Wildman–Crippen MR) is 89.4 cm³/mol. The molecule has 0 aliphatic heterocycles. The minimum atomic E-state index is -0.261. The molecule has 0 saturated carbocycles. The van der Waals surface area contributed by atoms with E-state index in [0.29, 0.717) is 24.5 Å². The van der Waals surface area contributed by atoms with Crippen molar-refractivity contribution >= 4 is 5.78 Å². The molecule has 0 aliphatic carbocycles. The molecule has 2 aromatic rings. The number of Topliss-reactive ketones (excluding diaryl/α,β-unsaturated/α-hetero) is 1. The SMILES string of the molecule is CCOc1ccccc1C(=O)C(C)NCc1ccc(C)cc1. The maximum Gasteiger partial charge on any atom is 0.183 e. The Morgan fingerprint density at radius 2 is 1.82 bits per heavy atom. The van der Waals surface area contributed by atoms with Crippen molar-refractivity contribution in [1.82, 2.24) is 5.32 Å². The summed E-state index contributed by atoms with van der Waals surface area (Å²) in [6.45, 7) is 7.09. The summed E-state index contributed by atoms with van der Waals surface area (Å²) < 4.78 is 5.54. The van der Waals surface area contributed by atoms with Crippen molar-refractivity contribution in [1.29, 1.82) is 0 Å². The largest absolute Gasteiger partial charge is 0.493 e. The van der Waals surface area contributed by atoms with Crippen molar-refractivity contribution in [3.05, 3.63) is 65.2 Å². The maximum absolute atomic E-state index is 12.6. The van der Waals surface area contributed by atoms with Crippen LogP contribution in [0.25, 0.3) is 0 Å². The third-order valence-electron chi connectivity index (χ3n) is 3.58. The van der Waals surface area contributed by atoms with Crippen molar-refractivity contribution in [3.8, 4) is 5.75 Å². The molecule has 0 aliphatic rings. The molecule has 1 N–H and O–H groups in total. The monoisotopic (exact) mass is 297 g/mol. The van der Waals surface area contributed by atoms with Gasteiger partial charge in [-0.1, -0.05) is 42.0 Å². The van der Waals surface area contributed by atoms with Gasteiger partial charge in [-0.2, -0.15) is 0 Å². The van der Waals surface area contributed by atoms with Crippen molar-refractivity contribution in [3.63, 3.8) is 0 Å². The number of hydrogen-bond donors (Lipinski definition) is 1. The molecule has 2 aromatic carbocycles. The number of benzene rings is 2. The number of para-hydroxylation sites is 1. The number of carbonyl (C=O) groups excluding carboxylic acids is 1. The van der Waals surface area contributed by atoms with Crippen molar-refractivity contribution < 1.29 is 9.53 Å². The lowest BCUT2D eigenvalue weighted by molar-refractivity contribution is 0.0946. The van der Waals surface area contributed by atoms with Crippen LogP contribution in [0.5, 0.6) is 5.75 Å². The molecule has 0 amide bonds. The Morgan fingerprint density at radius 1 is 1.14 bits per heavy atom. The molecule has 3 heteroatoms. The number of aryl methyl sites for hydroxylation is 1. The molecule has 0 bridgehead atoms. The Morgan fingerprint density at radius 3 is 2.50 bits per heavy atom. The summed E-state index contributed by atoms with van der Waals surface area (Å²) in [5.74, 6) is 0.704. The molecule has 116 valence electrons. The highest BCUT2D eigenvalue weighted by Crippen LogP contribution is 2.19. The van der Waals surface area contributed by atoms with Gasteiger partial charge in [-0.05, 0) is 38.5 Å². The van der Waals surface area contributed by atoms with Crippen LogP contribution in [0.3, 0.4) is 0 Å². The van der Waals surface area contributed by atoms with Crippen LogP contribution in [0.1, 0.15) is 35.3 Å². The fourth-order valence-electron chi connectivity index (χ4n) is 2.25. The average molecular weight is 297 g/mol. The standard InChI is InChI=1S/C19H23NO2/c1-4-22-18-8-6-5-7-17(18)19(21)15(3)20-13-16-11-9-14(2)10-12-16/h5-12,15,20H,4,13H2,1-3H3. The van der Waals surface area contributed by atoms with E-state index in [0.717, 1.165) is 0 Å². The molecule has 2 rings (SSSR count). The Bertz CT molecular complexity index is 620. The summed E-state index contributed by atoms with van der Waals surface area (Å²) in [5, 5.41) is 3.28. The zero-order valence-corrected chi connectivity index (χ0v) is 13.4. The van der Waals surface area contributed by atoms with Gasteiger partial charge in [0, 0.05) is 6.54 Å². The lowest BCUT2D eigenvalue weighted by Crippen LogP contribution is -2.33. The van der Waals surface area contributed by atoms with E-state index in [1.165, 1.54) is 11.1 Å². The second-order valence-electron chi connectivity index (χ2n) is 5.38. The minimum absolute atomic E-state index is 0.0520. The predicted octanol–water partition coefficient (Wildman–Crippen LogP) is 3.75. The van der Waals surface area contributed by atoms with Gasteiger partial charge in [0.2, 0.25) is 0 Å². The van der Waals surface area contributed by atoms with E-state index in [9.17, 15) is 4.79 Å². The third-order valence-corrected chi connectivity index (χ3v) is 3.58. The van der Waals surface area contributed by atoms with E-state index in [1.54, 1.807) is 0 Å². The lowest BCUT2D eigenvalue weighted by atomic mass is 10.0. The lowest BCUT2D eigenvalue weighted by Gasteiger charge is -2.15. The van der Waals surface area contributed by atoms with Crippen LogP contribution in [0.4, 0.5) is 0 Å². The summed E-state index contributed by atoms with van der Waals surface area (Å²) in [4.78, 5) is 12.6. The summed E-state index contributed by atoms with van der Waals surface area (Å²) in [7, 11) is 0. The van der Waals surface area contributed by atoms with Crippen molar-refractivity contribution in [2.45, 2.75) is 33.4 Å². The van der Waals surface area contributed by atoms with Crippen LogP contribution >= 0.6 is 0 Å². The molecule has 22 heavy (non-hydrogen) atoms. The molecule has 0 radical (unpaired) electrons. The van der Waals surface area contributed by atoms with Gasteiger partial charge in [-0.3, -0.25) is 4.79 Å². The Hall–Kier alpha value is -2.13. The Kier molecular flexibility index (Phi) is 5.73. The highest BCUT2D eigenvalue weighted by molar-refractivity contribution is 6.02. The molecule has 0 spiro atoms. The van der Waals surface area contributed by atoms with Gasteiger partial charge in [0.05, 0.1) is 18.2 Å². The average Bonchev–Trinajstić information content (AvgIpc) is 2.54. The van der Waals surface area contributed by atoms with Crippen molar-refractivity contribution in [2.24, 2.45) is 0 Å². The third kappa shape index (κ3) is 4.18. The van der Waals surface area contributed by atoms with Crippen LogP contribution in [0.2, 0.25) is 0 Å². The zero-order valence-electron chi connectivity index (χ0n) is 13.4. The van der Waals surface area contributed by atoms with Crippen LogP contribution in [-0.4, -0.2) is 18.4 Å². The first-order valence-electron chi connectivity index (χ1n) is 7.66. The highest BCUT2D eigenvalue weighted by Gasteiger charge is 2.18. The van der Waals surface area contributed by atoms with Gasteiger partial charge in [0.15, 0.2) is 5.78 Å². The molecule has 1 atom stereocenters. The highest BCUT2D eigenvalue weighted by atomic mass is 16.5. The first-order chi connectivity index (χ1) is 10.6. The quantitative estimate of drug-likeness (QED) is 0.791. The number of carbonyl (C=O) groups is 1. The normalized spacial score (nSPS) is 12.0. The number of ketones is 1. The van der Waals surface area contributed by atoms with Crippen LogP contribution in [0, 0.1) is 6.92 Å². The molecule has 0 aromatic heterocycles. The molecular weight excluding hydrogens is 274 g/mol. The van der Waals surface area contributed by atoms with E-state index in [1.807, 2.05) is 38.1 Å². The molecule has 3 nitrogen and oxygen atoms in total. The van der Waals surface area contributed by atoms with E-state index in [2.05, 4.69) is 36.5 Å². The van der Waals surface area contributed by atoms with Crippen LogP contribution < -0.4 is 10.1 Å². The molecule has 0 saturated heterocycles. The first kappa shape index (κ1) is 16.2. The smallest absolute Gasteiger partial charge is 0.183 e. The van der Waals surface area contributed by atoms with E-state index < -0.39 is 0 Å². The van der Waals surface area contributed by atoms with E-state index in [-0.39, 0.29) is 11.8 Å². The minimum Gasteiger partial charge on any atom is -0.493 e. The van der Waals surface area contributed by atoms with Gasteiger partial charge in [0.1, 0.15) is 5.75 Å². The van der Waals surface area contributed by atoms with E-state index in [4.69, 9.17) is 4.74 Å². The second kappa shape index (κ2) is 7.76. The fourth-order valence-corrected chi connectivity index (χ4v) is 2.25. The van der Waals surface area contributed by atoms with Crippen molar-refractivity contribution in [2.75, 3.05) is 6.61 Å². The Balaban J connectivity index is 2.01. The molecular formula is C19H23NO2. The van der Waals surface area contributed by atoms with Gasteiger partial charge >= 0.3 is 0 Å². The number of nitrogens with one attached hydrogen (secondary N) is 1. The zero-order chi connectivity index (χ0) is 15.9. The number of hydrogen-bond acceptors (Lipinski definition) is 3. The number of rotatable bonds is 7. The summed E-state index contributed by atoms with van der Waals surface area (Å²) in [6, 6.07) is 15.4. The topological polar surface area (TPSA) is 38.3 Å².